The van der Waals surface area contributed by atoms with Gasteiger partial charge in [-0.1, -0.05) is 24.3 Å². The average molecular weight is 267 g/mol. The molecule has 19 heavy (non-hydrogen) atoms. The molecule has 0 saturated carbocycles. The molecule has 0 saturated heterocycles. The Morgan fingerprint density at radius 1 is 1.21 bits per heavy atom. The topological polar surface area (TPSA) is 40.9 Å². The number of thiophene rings is 1. The molecule has 0 bridgehead atoms. The van der Waals surface area contributed by atoms with E-state index in [0.717, 1.165) is 16.7 Å². The number of ketones is 1. The molecule has 0 aliphatic rings. The van der Waals surface area contributed by atoms with Crippen LogP contribution in [-0.2, 0) is 0 Å². The normalized spacial score (nSPS) is 11.1. The van der Waals surface area contributed by atoms with Gasteiger partial charge in [0.15, 0.2) is 0 Å². The van der Waals surface area contributed by atoms with Gasteiger partial charge < -0.3 is 0 Å². The predicted molar refractivity (Wildman–Crippen MR) is 78.2 cm³/mol. The van der Waals surface area contributed by atoms with Crippen molar-refractivity contribution >= 4 is 23.2 Å². The van der Waals surface area contributed by atoms with E-state index in [4.69, 9.17) is 0 Å². The van der Waals surface area contributed by atoms with Crippen molar-refractivity contribution in [1.29, 1.82) is 5.26 Å². The molecule has 2 aromatic rings. The molecule has 0 unspecified atom stereocenters. The zero-order valence-corrected chi connectivity index (χ0v) is 11.6. The van der Waals surface area contributed by atoms with Crippen LogP contribution in [0.1, 0.15) is 26.4 Å². The molecule has 2 rings (SSSR count). The van der Waals surface area contributed by atoms with E-state index in [1.165, 1.54) is 11.3 Å². The molecule has 2 nitrogen and oxygen atoms in total. The fraction of sp³-hybridized carbons (Fsp3) is 0.125. The summed E-state index contributed by atoms with van der Waals surface area (Å²) in [6.45, 7) is 3.84. The van der Waals surface area contributed by atoms with E-state index in [2.05, 4.69) is 0 Å². The van der Waals surface area contributed by atoms with Crippen molar-refractivity contribution in [3.8, 4) is 6.07 Å². The lowest BCUT2D eigenvalue weighted by atomic mass is 10.0. The largest absolute Gasteiger partial charge is 0.287 e. The highest BCUT2D eigenvalue weighted by atomic mass is 32.1. The molecule has 94 valence electrons. The number of hydrogen-bond donors (Lipinski definition) is 0. The highest BCUT2D eigenvalue weighted by Crippen LogP contribution is 2.21. The van der Waals surface area contributed by atoms with Crippen molar-refractivity contribution < 1.29 is 4.79 Å². The lowest BCUT2D eigenvalue weighted by Gasteiger charge is -2.01. The molecule has 0 spiro atoms. The third-order valence-electron chi connectivity index (χ3n) is 2.92. The van der Waals surface area contributed by atoms with Crippen LogP contribution in [0.15, 0.2) is 41.3 Å². The SMILES string of the molecule is Cc1ccccc1C=C(C#N)C(=O)c1sccc1C. The van der Waals surface area contributed by atoms with Gasteiger partial charge in [0.2, 0.25) is 5.78 Å². The summed E-state index contributed by atoms with van der Waals surface area (Å²) in [5, 5.41) is 11.1. The second-order valence-corrected chi connectivity index (χ2v) is 5.20. The highest BCUT2D eigenvalue weighted by molar-refractivity contribution is 7.12. The second kappa shape index (κ2) is 5.64. The van der Waals surface area contributed by atoms with Crippen molar-refractivity contribution in [1.82, 2.24) is 0 Å². The van der Waals surface area contributed by atoms with Crippen LogP contribution in [-0.4, -0.2) is 5.78 Å². The smallest absolute Gasteiger partial charge is 0.213 e. The molecule has 0 atom stereocenters. The van der Waals surface area contributed by atoms with Gasteiger partial charge in [-0.25, -0.2) is 0 Å². The summed E-state index contributed by atoms with van der Waals surface area (Å²) in [7, 11) is 0. The van der Waals surface area contributed by atoms with Crippen molar-refractivity contribution in [2.24, 2.45) is 0 Å². The monoisotopic (exact) mass is 267 g/mol. The number of nitrogens with zero attached hydrogens (tertiary/aromatic N) is 1. The fourth-order valence-electron chi connectivity index (χ4n) is 1.78. The van der Waals surface area contributed by atoms with Gasteiger partial charge in [0, 0.05) is 0 Å². The maximum Gasteiger partial charge on any atom is 0.213 e. The van der Waals surface area contributed by atoms with Crippen LogP contribution in [0.4, 0.5) is 0 Å². The number of carbonyl (C=O) groups excluding carboxylic acids is 1. The minimum absolute atomic E-state index is 0.180. The van der Waals surface area contributed by atoms with E-state index in [0.29, 0.717) is 4.88 Å². The van der Waals surface area contributed by atoms with E-state index in [-0.39, 0.29) is 11.4 Å². The molecular formula is C16H13NOS. The summed E-state index contributed by atoms with van der Waals surface area (Å²) < 4.78 is 0. The maximum atomic E-state index is 12.3. The lowest BCUT2D eigenvalue weighted by Crippen LogP contribution is -2.01. The van der Waals surface area contributed by atoms with Crippen LogP contribution < -0.4 is 0 Å². The van der Waals surface area contributed by atoms with E-state index in [1.807, 2.05) is 55.6 Å². The Morgan fingerprint density at radius 3 is 2.53 bits per heavy atom. The van der Waals surface area contributed by atoms with Gasteiger partial charge in [-0.15, -0.1) is 11.3 Å². The van der Waals surface area contributed by atoms with Crippen molar-refractivity contribution in [2.45, 2.75) is 13.8 Å². The number of nitriles is 1. The standard InChI is InChI=1S/C16H13NOS/c1-11-5-3-4-6-13(11)9-14(10-17)15(18)16-12(2)7-8-19-16/h3-9H,1-2H3. The Hall–Kier alpha value is -2.18. The van der Waals surface area contributed by atoms with Crippen molar-refractivity contribution in [2.75, 3.05) is 0 Å². The molecule has 0 aliphatic carbocycles. The Morgan fingerprint density at radius 2 is 1.95 bits per heavy atom. The molecule has 3 heteroatoms. The summed E-state index contributed by atoms with van der Waals surface area (Å²) in [6.07, 6.45) is 1.66. The van der Waals surface area contributed by atoms with E-state index in [1.54, 1.807) is 6.08 Å². The lowest BCUT2D eigenvalue weighted by molar-refractivity contribution is 0.104. The summed E-state index contributed by atoms with van der Waals surface area (Å²) in [5.74, 6) is -0.196. The first-order valence-electron chi connectivity index (χ1n) is 5.89. The summed E-state index contributed by atoms with van der Waals surface area (Å²) in [6, 6.07) is 11.6. The van der Waals surface area contributed by atoms with Crippen LogP contribution in [0.25, 0.3) is 6.08 Å². The Kier molecular flexibility index (Phi) is 3.94. The van der Waals surface area contributed by atoms with Gasteiger partial charge in [-0.2, -0.15) is 5.26 Å². The number of allylic oxidation sites excluding steroid dienone is 1. The zero-order chi connectivity index (χ0) is 13.8. The van der Waals surface area contributed by atoms with Gasteiger partial charge in [0.1, 0.15) is 11.6 Å². The van der Waals surface area contributed by atoms with E-state index >= 15 is 0 Å². The predicted octanol–water partition coefficient (Wildman–Crippen LogP) is 4.15. The highest BCUT2D eigenvalue weighted by Gasteiger charge is 2.15. The Bertz CT molecular complexity index is 689. The van der Waals surface area contributed by atoms with Crippen LogP contribution in [0.5, 0.6) is 0 Å². The summed E-state index contributed by atoms with van der Waals surface area (Å²) in [4.78, 5) is 12.9. The number of aryl methyl sites for hydroxylation is 2. The van der Waals surface area contributed by atoms with Gasteiger partial charge in [-0.3, -0.25) is 4.79 Å². The molecule has 0 amide bonds. The van der Waals surface area contributed by atoms with Crippen LogP contribution >= 0.6 is 11.3 Å². The maximum absolute atomic E-state index is 12.3. The minimum atomic E-state index is -0.196. The van der Waals surface area contributed by atoms with Crippen LogP contribution in [0.2, 0.25) is 0 Å². The van der Waals surface area contributed by atoms with Gasteiger partial charge in [-0.05, 0) is 48.1 Å². The zero-order valence-electron chi connectivity index (χ0n) is 10.8. The fourth-order valence-corrected chi connectivity index (χ4v) is 2.66. The summed E-state index contributed by atoms with van der Waals surface area (Å²) >= 11 is 1.37. The molecule has 0 radical (unpaired) electrons. The minimum Gasteiger partial charge on any atom is -0.287 e. The molecule has 0 N–H and O–H groups in total. The first-order valence-corrected chi connectivity index (χ1v) is 6.77. The molecule has 1 aromatic carbocycles. The summed E-state index contributed by atoms with van der Waals surface area (Å²) in [5.41, 5.74) is 3.05. The Labute approximate surface area is 116 Å². The first kappa shape index (κ1) is 13.3. The van der Waals surface area contributed by atoms with Crippen molar-refractivity contribution in [3.63, 3.8) is 0 Å². The van der Waals surface area contributed by atoms with Crippen molar-refractivity contribution in [3.05, 3.63) is 62.9 Å². The number of benzene rings is 1. The second-order valence-electron chi connectivity index (χ2n) is 4.29. The third-order valence-corrected chi connectivity index (χ3v) is 3.94. The quantitative estimate of drug-likeness (QED) is 0.476. The molecule has 0 fully saturated rings. The van der Waals surface area contributed by atoms with Crippen LogP contribution in [0.3, 0.4) is 0 Å². The number of Topliss-reactive ketones (excluding diaryl/α,β-unsaturated/α-hetero) is 1. The third kappa shape index (κ3) is 2.81. The molecule has 1 aromatic heterocycles. The number of rotatable bonds is 3. The van der Waals surface area contributed by atoms with E-state index in [9.17, 15) is 10.1 Å². The number of hydrogen-bond acceptors (Lipinski definition) is 3. The Balaban J connectivity index is 2.42. The molecule has 1 heterocycles. The van der Waals surface area contributed by atoms with Gasteiger partial charge in [0.05, 0.1) is 4.88 Å². The molecule has 0 aliphatic heterocycles. The van der Waals surface area contributed by atoms with Crippen LogP contribution in [0, 0.1) is 25.2 Å². The first-order chi connectivity index (χ1) is 9.13. The van der Waals surface area contributed by atoms with E-state index < -0.39 is 0 Å². The number of carbonyl (C=O) groups is 1. The van der Waals surface area contributed by atoms with Gasteiger partial charge >= 0.3 is 0 Å². The molecular weight excluding hydrogens is 254 g/mol. The average Bonchev–Trinajstić information content (AvgIpc) is 2.83. The van der Waals surface area contributed by atoms with Gasteiger partial charge in [0.25, 0.3) is 0 Å².